The molecule has 3 aromatic rings. The van der Waals surface area contributed by atoms with E-state index in [1.165, 1.54) is 6.08 Å². The Balaban J connectivity index is 1.65. The maximum absolute atomic E-state index is 10.6. The molecule has 0 aliphatic heterocycles. The molecule has 0 atom stereocenters. The van der Waals surface area contributed by atoms with Gasteiger partial charge in [-0.2, -0.15) is 5.26 Å². The summed E-state index contributed by atoms with van der Waals surface area (Å²) in [6.45, 7) is 2.24. The highest BCUT2D eigenvalue weighted by Gasteiger charge is 2.11. The number of nitriles is 1. The Kier molecular flexibility index (Phi) is 5.87. The number of hydrogen-bond acceptors (Lipinski definition) is 5. The monoisotopic (exact) mass is 374 g/mol. The van der Waals surface area contributed by atoms with Crippen LogP contribution >= 0.6 is 0 Å². The molecule has 0 saturated heterocycles. The van der Waals surface area contributed by atoms with Crippen LogP contribution in [-0.4, -0.2) is 22.7 Å². The van der Waals surface area contributed by atoms with Crippen molar-refractivity contribution in [2.24, 2.45) is 0 Å². The second-order valence-corrected chi connectivity index (χ2v) is 6.02. The van der Waals surface area contributed by atoms with Crippen molar-refractivity contribution >= 4 is 12.0 Å². The summed E-state index contributed by atoms with van der Waals surface area (Å²) in [6.07, 6.45) is 2.94. The van der Waals surface area contributed by atoms with Crippen LogP contribution in [0.1, 0.15) is 22.6 Å². The summed E-state index contributed by atoms with van der Waals surface area (Å²) < 4.78 is 11.5. The SMILES string of the molecule is Cc1oc(-c2ccccc2)nc1CCOc1ccc(C=CC(=O)O)c(C#N)c1. The largest absolute Gasteiger partial charge is 0.493 e. The molecule has 0 spiro atoms. The average molecular weight is 374 g/mol. The predicted octanol–water partition coefficient (Wildman–Crippen LogP) is 4.24. The fourth-order valence-corrected chi connectivity index (χ4v) is 2.66. The van der Waals surface area contributed by atoms with Crippen LogP contribution in [0.5, 0.6) is 5.75 Å². The van der Waals surface area contributed by atoms with Crippen LogP contribution in [0.15, 0.2) is 59.0 Å². The minimum atomic E-state index is -1.07. The van der Waals surface area contributed by atoms with E-state index in [9.17, 15) is 10.1 Å². The van der Waals surface area contributed by atoms with Crippen molar-refractivity contribution < 1.29 is 19.1 Å². The second-order valence-electron chi connectivity index (χ2n) is 6.02. The number of aryl methyl sites for hydroxylation is 1. The van der Waals surface area contributed by atoms with E-state index in [1.54, 1.807) is 18.2 Å². The summed E-state index contributed by atoms with van der Waals surface area (Å²) in [5, 5.41) is 18.0. The Labute approximate surface area is 162 Å². The average Bonchev–Trinajstić information content (AvgIpc) is 3.08. The van der Waals surface area contributed by atoms with Crippen LogP contribution in [0.3, 0.4) is 0 Å². The molecule has 0 saturated carbocycles. The zero-order chi connectivity index (χ0) is 19.9. The van der Waals surface area contributed by atoms with E-state index < -0.39 is 5.97 Å². The van der Waals surface area contributed by atoms with Crippen LogP contribution in [0.2, 0.25) is 0 Å². The smallest absolute Gasteiger partial charge is 0.328 e. The number of benzene rings is 2. The first-order chi connectivity index (χ1) is 13.6. The van der Waals surface area contributed by atoms with Gasteiger partial charge in [-0.1, -0.05) is 18.2 Å². The summed E-state index contributed by atoms with van der Waals surface area (Å²) in [5.41, 5.74) is 2.61. The van der Waals surface area contributed by atoms with Gasteiger partial charge in [-0.15, -0.1) is 0 Å². The van der Waals surface area contributed by atoms with Crippen LogP contribution < -0.4 is 4.74 Å². The highest BCUT2D eigenvalue weighted by molar-refractivity contribution is 5.85. The number of rotatable bonds is 7. The van der Waals surface area contributed by atoms with Crippen LogP contribution in [0.4, 0.5) is 0 Å². The zero-order valence-electron chi connectivity index (χ0n) is 15.3. The maximum atomic E-state index is 10.6. The summed E-state index contributed by atoms with van der Waals surface area (Å²) in [4.78, 5) is 15.2. The second kappa shape index (κ2) is 8.69. The lowest BCUT2D eigenvalue weighted by atomic mass is 10.1. The minimum Gasteiger partial charge on any atom is -0.493 e. The van der Waals surface area contributed by atoms with Gasteiger partial charge in [-0.25, -0.2) is 9.78 Å². The van der Waals surface area contributed by atoms with Gasteiger partial charge in [0.25, 0.3) is 0 Å². The van der Waals surface area contributed by atoms with Crippen LogP contribution in [0, 0.1) is 18.3 Å². The molecule has 6 nitrogen and oxygen atoms in total. The fraction of sp³-hybridized carbons (Fsp3) is 0.136. The maximum Gasteiger partial charge on any atom is 0.328 e. The number of oxazole rings is 1. The van der Waals surface area contributed by atoms with Crippen molar-refractivity contribution in [1.29, 1.82) is 5.26 Å². The molecule has 140 valence electrons. The van der Waals surface area contributed by atoms with Gasteiger partial charge >= 0.3 is 5.97 Å². The van der Waals surface area contributed by atoms with E-state index in [1.807, 2.05) is 43.3 Å². The number of nitrogens with zero attached hydrogens (tertiary/aromatic N) is 2. The van der Waals surface area contributed by atoms with Crippen molar-refractivity contribution in [3.05, 3.63) is 77.2 Å². The number of hydrogen-bond donors (Lipinski definition) is 1. The summed E-state index contributed by atoms with van der Waals surface area (Å²) in [7, 11) is 0. The van der Waals surface area contributed by atoms with Gasteiger partial charge in [0.05, 0.1) is 23.9 Å². The first kappa shape index (κ1) is 18.9. The molecule has 0 radical (unpaired) electrons. The minimum absolute atomic E-state index is 0.346. The lowest BCUT2D eigenvalue weighted by molar-refractivity contribution is -0.131. The molecule has 1 aromatic heterocycles. The van der Waals surface area contributed by atoms with E-state index in [0.29, 0.717) is 35.8 Å². The van der Waals surface area contributed by atoms with Crippen LogP contribution in [-0.2, 0) is 11.2 Å². The zero-order valence-corrected chi connectivity index (χ0v) is 15.3. The van der Waals surface area contributed by atoms with Crippen molar-refractivity contribution in [3.63, 3.8) is 0 Å². The van der Waals surface area contributed by atoms with Crippen molar-refractivity contribution in [1.82, 2.24) is 4.98 Å². The Morgan fingerprint density at radius 1 is 1.29 bits per heavy atom. The van der Waals surface area contributed by atoms with Gasteiger partial charge in [-0.05, 0) is 48.9 Å². The molecule has 0 aliphatic carbocycles. The van der Waals surface area contributed by atoms with Gasteiger partial charge in [-0.3, -0.25) is 0 Å². The van der Waals surface area contributed by atoms with Gasteiger partial charge in [0.1, 0.15) is 11.5 Å². The van der Waals surface area contributed by atoms with E-state index >= 15 is 0 Å². The quantitative estimate of drug-likeness (QED) is 0.621. The number of aliphatic carboxylic acids is 1. The fourth-order valence-electron chi connectivity index (χ4n) is 2.66. The molecular formula is C22H18N2O4. The van der Waals surface area contributed by atoms with Crippen molar-refractivity contribution in [3.8, 4) is 23.3 Å². The van der Waals surface area contributed by atoms with Crippen LogP contribution in [0.25, 0.3) is 17.5 Å². The normalized spacial score (nSPS) is 10.7. The number of carbonyl (C=O) groups is 1. The lowest BCUT2D eigenvalue weighted by Crippen LogP contribution is -2.03. The number of aromatic nitrogens is 1. The number of carboxylic acids is 1. The molecule has 1 heterocycles. The molecule has 1 N–H and O–H groups in total. The molecular weight excluding hydrogens is 356 g/mol. The molecule has 0 fully saturated rings. The summed E-state index contributed by atoms with van der Waals surface area (Å²) >= 11 is 0. The Bertz CT molecular complexity index is 1050. The number of carboxylic acid groups (broad SMARTS) is 1. The van der Waals surface area contributed by atoms with E-state index in [-0.39, 0.29) is 0 Å². The Morgan fingerprint density at radius 3 is 2.79 bits per heavy atom. The van der Waals surface area contributed by atoms with Crippen molar-refractivity contribution in [2.75, 3.05) is 6.61 Å². The molecule has 0 bridgehead atoms. The summed E-state index contributed by atoms with van der Waals surface area (Å²) in [6, 6.07) is 16.7. The highest BCUT2D eigenvalue weighted by atomic mass is 16.5. The van der Waals surface area contributed by atoms with Gasteiger partial charge < -0.3 is 14.3 Å². The summed E-state index contributed by atoms with van der Waals surface area (Å²) in [5.74, 6) is 0.791. The van der Waals surface area contributed by atoms with Gasteiger partial charge in [0.15, 0.2) is 0 Å². The topological polar surface area (TPSA) is 96.3 Å². The van der Waals surface area contributed by atoms with E-state index in [0.717, 1.165) is 23.1 Å². The third kappa shape index (κ3) is 4.65. The lowest BCUT2D eigenvalue weighted by Gasteiger charge is -2.07. The molecule has 0 amide bonds. The van der Waals surface area contributed by atoms with Gasteiger partial charge in [0.2, 0.25) is 5.89 Å². The van der Waals surface area contributed by atoms with Crippen molar-refractivity contribution in [2.45, 2.75) is 13.3 Å². The third-order valence-electron chi connectivity index (χ3n) is 4.07. The Hall–Kier alpha value is -3.85. The number of ether oxygens (including phenoxy) is 1. The molecule has 2 aromatic carbocycles. The third-order valence-corrected chi connectivity index (χ3v) is 4.07. The highest BCUT2D eigenvalue weighted by Crippen LogP contribution is 2.22. The Morgan fingerprint density at radius 2 is 2.07 bits per heavy atom. The van der Waals surface area contributed by atoms with E-state index in [4.69, 9.17) is 14.3 Å². The molecule has 0 unspecified atom stereocenters. The molecule has 0 aliphatic rings. The standard InChI is InChI=1S/C22H18N2O4/c1-15-20(24-22(28-15)17-5-3-2-4-6-17)11-12-27-19-9-7-16(8-10-21(25)26)18(13-19)14-23/h2-10,13H,11-12H2,1H3,(H,25,26). The van der Waals surface area contributed by atoms with E-state index in [2.05, 4.69) is 4.98 Å². The van der Waals surface area contributed by atoms with Gasteiger partial charge in [0, 0.05) is 18.1 Å². The first-order valence-corrected chi connectivity index (χ1v) is 8.66. The first-order valence-electron chi connectivity index (χ1n) is 8.66. The molecule has 3 rings (SSSR count). The predicted molar refractivity (Wildman–Crippen MR) is 104 cm³/mol. The molecule has 28 heavy (non-hydrogen) atoms. The molecule has 6 heteroatoms.